The lowest BCUT2D eigenvalue weighted by molar-refractivity contribution is -0.142. The van der Waals surface area contributed by atoms with Gasteiger partial charge in [-0.25, -0.2) is 0 Å². The maximum atomic E-state index is 13.1. The van der Waals surface area contributed by atoms with Crippen LogP contribution in [0.25, 0.3) is 0 Å². The molecular weight excluding hydrogens is 368 g/mol. The van der Waals surface area contributed by atoms with Crippen molar-refractivity contribution in [3.63, 3.8) is 0 Å². The molecular formula is C23H34N2O2S. The smallest absolute Gasteiger partial charge is 0.236 e. The third-order valence-electron chi connectivity index (χ3n) is 5.98. The van der Waals surface area contributed by atoms with Gasteiger partial charge in [-0.15, -0.1) is 11.8 Å². The molecule has 1 aromatic carbocycles. The zero-order valence-electron chi connectivity index (χ0n) is 17.3. The molecule has 1 unspecified atom stereocenters. The van der Waals surface area contributed by atoms with Crippen LogP contribution in [-0.4, -0.2) is 53.0 Å². The third kappa shape index (κ3) is 5.53. The minimum Gasteiger partial charge on any atom is -0.339 e. The molecule has 154 valence electrons. The zero-order chi connectivity index (χ0) is 19.9. The molecule has 4 nitrogen and oxygen atoms in total. The second kappa shape index (κ2) is 10.3. The molecule has 1 saturated heterocycles. The Morgan fingerprint density at radius 3 is 2.18 bits per heavy atom. The summed E-state index contributed by atoms with van der Waals surface area (Å²) in [4.78, 5) is 29.9. The fourth-order valence-electron chi connectivity index (χ4n) is 4.24. The molecule has 2 aliphatic rings. The Balaban J connectivity index is 1.51. The van der Waals surface area contributed by atoms with E-state index in [4.69, 9.17) is 0 Å². The van der Waals surface area contributed by atoms with Crippen LogP contribution >= 0.6 is 11.8 Å². The molecule has 2 amide bonds. The standard InChI is InChI=1S/C23H34N2O2S/c1-18(2)21(28-17-19-9-5-3-6-10-19)23(27)25-15-13-24(14-16-25)22(26)20-11-7-4-8-12-20/h3,5-6,9-10,18,20-21H,4,7-8,11-17H2,1-2H3. The van der Waals surface area contributed by atoms with Crippen LogP contribution in [0.5, 0.6) is 0 Å². The third-order valence-corrected chi connectivity index (χ3v) is 7.58. The first kappa shape index (κ1) is 21.2. The molecule has 0 aromatic heterocycles. The number of hydrogen-bond acceptors (Lipinski definition) is 3. The molecule has 0 bridgehead atoms. The van der Waals surface area contributed by atoms with Crippen molar-refractivity contribution in [1.29, 1.82) is 0 Å². The normalized spacial score (nSPS) is 19.7. The molecule has 1 saturated carbocycles. The van der Waals surface area contributed by atoms with Gasteiger partial charge >= 0.3 is 0 Å². The summed E-state index contributed by atoms with van der Waals surface area (Å²) in [5, 5.41) is -0.0270. The minimum absolute atomic E-state index is 0.0270. The molecule has 5 heteroatoms. The average Bonchev–Trinajstić information content (AvgIpc) is 2.74. The number of amides is 2. The van der Waals surface area contributed by atoms with Gasteiger partial charge in [0.25, 0.3) is 0 Å². The number of benzene rings is 1. The number of thioether (sulfide) groups is 1. The van der Waals surface area contributed by atoms with Crippen LogP contribution < -0.4 is 0 Å². The van der Waals surface area contributed by atoms with Crippen molar-refractivity contribution in [1.82, 2.24) is 9.80 Å². The Morgan fingerprint density at radius 1 is 0.964 bits per heavy atom. The number of hydrogen-bond donors (Lipinski definition) is 0. The largest absolute Gasteiger partial charge is 0.339 e. The van der Waals surface area contributed by atoms with E-state index >= 15 is 0 Å². The average molecular weight is 403 g/mol. The number of nitrogens with zero attached hydrogens (tertiary/aromatic N) is 2. The Hall–Kier alpha value is -1.49. The van der Waals surface area contributed by atoms with Crippen molar-refractivity contribution in [2.75, 3.05) is 26.2 Å². The van der Waals surface area contributed by atoms with E-state index in [-0.39, 0.29) is 17.1 Å². The van der Waals surface area contributed by atoms with E-state index < -0.39 is 0 Å². The summed E-state index contributed by atoms with van der Waals surface area (Å²) >= 11 is 1.74. The lowest BCUT2D eigenvalue weighted by Gasteiger charge is -2.38. The molecule has 2 fully saturated rings. The molecule has 1 aliphatic heterocycles. The highest BCUT2D eigenvalue weighted by molar-refractivity contribution is 7.99. The minimum atomic E-state index is -0.0270. The van der Waals surface area contributed by atoms with Crippen LogP contribution in [0, 0.1) is 11.8 Å². The number of piperazine rings is 1. The zero-order valence-corrected chi connectivity index (χ0v) is 18.1. The van der Waals surface area contributed by atoms with Crippen molar-refractivity contribution in [2.24, 2.45) is 11.8 Å². The van der Waals surface area contributed by atoms with Crippen molar-refractivity contribution in [3.8, 4) is 0 Å². The van der Waals surface area contributed by atoms with E-state index in [0.717, 1.165) is 18.6 Å². The molecule has 1 atom stereocenters. The topological polar surface area (TPSA) is 40.6 Å². The SMILES string of the molecule is CC(C)C(SCc1ccccc1)C(=O)N1CCN(C(=O)C2CCCCC2)CC1. The first-order chi connectivity index (χ1) is 13.6. The summed E-state index contributed by atoms with van der Waals surface area (Å²) in [5.74, 6) is 1.94. The van der Waals surface area contributed by atoms with E-state index in [0.29, 0.717) is 38.0 Å². The second-order valence-corrected chi connectivity index (χ2v) is 9.58. The molecule has 1 aromatic rings. The first-order valence-corrected chi connectivity index (χ1v) is 11.8. The molecule has 28 heavy (non-hydrogen) atoms. The predicted octanol–water partition coefficient (Wildman–Crippen LogP) is 4.20. The first-order valence-electron chi connectivity index (χ1n) is 10.8. The van der Waals surface area contributed by atoms with E-state index in [2.05, 4.69) is 26.0 Å². The fraction of sp³-hybridized carbons (Fsp3) is 0.652. The van der Waals surface area contributed by atoms with Crippen LogP contribution in [0.15, 0.2) is 30.3 Å². The van der Waals surface area contributed by atoms with Gasteiger partial charge in [0.1, 0.15) is 0 Å². The number of rotatable bonds is 6. The highest BCUT2D eigenvalue weighted by Gasteiger charge is 2.33. The Kier molecular flexibility index (Phi) is 7.83. The fourth-order valence-corrected chi connectivity index (χ4v) is 5.49. The monoisotopic (exact) mass is 402 g/mol. The summed E-state index contributed by atoms with van der Waals surface area (Å²) in [5.41, 5.74) is 1.26. The van der Waals surface area contributed by atoms with Gasteiger partial charge in [0.2, 0.25) is 11.8 Å². The summed E-state index contributed by atoms with van der Waals surface area (Å²) in [6.45, 7) is 6.98. The molecule has 1 heterocycles. The van der Waals surface area contributed by atoms with Crippen LogP contribution in [0.4, 0.5) is 0 Å². The van der Waals surface area contributed by atoms with Crippen molar-refractivity contribution in [3.05, 3.63) is 35.9 Å². The van der Waals surface area contributed by atoms with Gasteiger partial charge in [-0.1, -0.05) is 63.4 Å². The predicted molar refractivity (Wildman–Crippen MR) is 116 cm³/mol. The lowest BCUT2D eigenvalue weighted by atomic mass is 9.88. The van der Waals surface area contributed by atoms with Crippen molar-refractivity contribution >= 4 is 23.6 Å². The van der Waals surface area contributed by atoms with Crippen LogP contribution in [0.3, 0.4) is 0 Å². The molecule has 0 spiro atoms. The second-order valence-electron chi connectivity index (χ2n) is 8.45. The number of carbonyl (C=O) groups excluding carboxylic acids is 2. The molecule has 0 N–H and O–H groups in total. The molecule has 0 radical (unpaired) electrons. The van der Waals surface area contributed by atoms with Gasteiger partial charge in [-0.2, -0.15) is 0 Å². The van der Waals surface area contributed by atoms with Crippen LogP contribution in [0.1, 0.15) is 51.5 Å². The Bertz CT molecular complexity index is 635. The van der Waals surface area contributed by atoms with E-state index in [1.165, 1.54) is 24.8 Å². The quantitative estimate of drug-likeness (QED) is 0.716. The van der Waals surface area contributed by atoms with Crippen molar-refractivity contribution < 1.29 is 9.59 Å². The van der Waals surface area contributed by atoms with Gasteiger partial charge in [0.15, 0.2) is 0 Å². The van der Waals surface area contributed by atoms with Crippen LogP contribution in [0.2, 0.25) is 0 Å². The highest BCUT2D eigenvalue weighted by Crippen LogP contribution is 2.28. The molecule has 1 aliphatic carbocycles. The summed E-state index contributed by atoms with van der Waals surface area (Å²) in [7, 11) is 0. The highest BCUT2D eigenvalue weighted by atomic mass is 32.2. The van der Waals surface area contributed by atoms with Gasteiger partial charge in [0, 0.05) is 37.8 Å². The maximum Gasteiger partial charge on any atom is 0.236 e. The summed E-state index contributed by atoms with van der Waals surface area (Å²) < 4.78 is 0. The van der Waals surface area contributed by atoms with E-state index in [9.17, 15) is 9.59 Å². The van der Waals surface area contributed by atoms with Gasteiger partial charge in [-0.3, -0.25) is 9.59 Å². The van der Waals surface area contributed by atoms with E-state index in [1.807, 2.05) is 28.0 Å². The summed E-state index contributed by atoms with van der Waals surface area (Å²) in [6, 6.07) is 10.3. The van der Waals surface area contributed by atoms with E-state index in [1.54, 1.807) is 11.8 Å². The van der Waals surface area contributed by atoms with Gasteiger partial charge < -0.3 is 9.80 Å². The van der Waals surface area contributed by atoms with Crippen molar-refractivity contribution in [2.45, 2.75) is 57.0 Å². The van der Waals surface area contributed by atoms with Gasteiger partial charge in [0.05, 0.1) is 5.25 Å². The number of carbonyl (C=O) groups is 2. The summed E-state index contributed by atoms with van der Waals surface area (Å²) in [6.07, 6.45) is 5.73. The maximum absolute atomic E-state index is 13.1. The Labute approximate surface area is 174 Å². The lowest BCUT2D eigenvalue weighted by Crippen LogP contribution is -2.54. The van der Waals surface area contributed by atoms with Crippen LogP contribution in [-0.2, 0) is 15.3 Å². The van der Waals surface area contributed by atoms with Gasteiger partial charge in [-0.05, 0) is 24.3 Å². The molecule has 3 rings (SSSR count). The Morgan fingerprint density at radius 2 is 1.57 bits per heavy atom.